The molecular weight excluding hydrogens is 238 g/mol. The Hall–Kier alpha value is -1.39. The zero-order chi connectivity index (χ0) is 14.3. The van der Waals surface area contributed by atoms with E-state index in [0.29, 0.717) is 19.0 Å². The van der Waals surface area contributed by atoms with E-state index in [9.17, 15) is 4.79 Å². The molecule has 0 bridgehead atoms. The van der Waals surface area contributed by atoms with Crippen molar-refractivity contribution in [1.82, 2.24) is 4.90 Å². The van der Waals surface area contributed by atoms with E-state index in [1.54, 1.807) is 0 Å². The monoisotopic (exact) mass is 263 g/mol. The van der Waals surface area contributed by atoms with E-state index in [1.807, 2.05) is 36.2 Å². The lowest BCUT2D eigenvalue weighted by atomic mass is 10.1. The number of rotatable bonds is 7. The Bertz CT molecular complexity index is 404. The fourth-order valence-corrected chi connectivity index (χ4v) is 1.81. The lowest BCUT2D eigenvalue weighted by Crippen LogP contribution is -2.31. The maximum atomic E-state index is 11.9. The number of amides is 1. The minimum Gasteiger partial charge on any atom is -0.326 e. The highest BCUT2D eigenvalue weighted by atomic mass is 16.2. The second kappa shape index (κ2) is 7.92. The quantitative estimate of drug-likeness (QED) is 0.791. The molecule has 0 aliphatic heterocycles. The van der Waals surface area contributed by atoms with Gasteiger partial charge in [-0.25, -0.2) is 0 Å². The molecule has 1 aromatic rings. The number of hydrogen-bond donors (Lipinski definition) is 2. The molecule has 1 amide bonds. The van der Waals surface area contributed by atoms with Crippen LogP contribution in [0.3, 0.4) is 0 Å². The summed E-state index contributed by atoms with van der Waals surface area (Å²) in [5.74, 6) is 0.663. The molecule has 4 heteroatoms. The number of benzene rings is 1. The molecule has 1 aromatic carbocycles. The van der Waals surface area contributed by atoms with E-state index in [2.05, 4.69) is 19.2 Å². The van der Waals surface area contributed by atoms with Gasteiger partial charge in [-0.3, -0.25) is 9.69 Å². The molecule has 0 saturated carbocycles. The van der Waals surface area contributed by atoms with Crippen LogP contribution in [0, 0.1) is 5.92 Å². The van der Waals surface area contributed by atoms with Crippen molar-refractivity contribution in [2.45, 2.75) is 26.8 Å². The molecular formula is C15H25N3O. The van der Waals surface area contributed by atoms with Gasteiger partial charge in [-0.15, -0.1) is 0 Å². The first-order valence-corrected chi connectivity index (χ1v) is 6.79. The first-order valence-electron chi connectivity index (χ1n) is 6.79. The minimum absolute atomic E-state index is 0.00663. The highest BCUT2D eigenvalue weighted by Crippen LogP contribution is 2.13. The highest BCUT2D eigenvalue weighted by molar-refractivity contribution is 5.92. The summed E-state index contributed by atoms with van der Waals surface area (Å²) in [6.45, 7) is 6.14. The summed E-state index contributed by atoms with van der Waals surface area (Å²) in [5.41, 5.74) is 7.42. The van der Waals surface area contributed by atoms with Crippen LogP contribution in [-0.2, 0) is 11.3 Å². The zero-order valence-corrected chi connectivity index (χ0v) is 12.1. The molecule has 19 heavy (non-hydrogen) atoms. The van der Waals surface area contributed by atoms with E-state index < -0.39 is 0 Å². The van der Waals surface area contributed by atoms with Crippen molar-refractivity contribution in [2.75, 3.05) is 25.5 Å². The van der Waals surface area contributed by atoms with E-state index in [-0.39, 0.29) is 5.91 Å². The molecule has 0 spiro atoms. The average Bonchev–Trinajstić information content (AvgIpc) is 2.37. The minimum atomic E-state index is 0.00663. The summed E-state index contributed by atoms with van der Waals surface area (Å²) in [4.78, 5) is 14.0. The Kier molecular flexibility index (Phi) is 6.53. The van der Waals surface area contributed by atoms with Crippen LogP contribution in [0.15, 0.2) is 24.3 Å². The number of nitrogens with zero attached hydrogens (tertiary/aromatic N) is 1. The van der Waals surface area contributed by atoms with Crippen LogP contribution in [0.4, 0.5) is 5.69 Å². The van der Waals surface area contributed by atoms with Crippen molar-refractivity contribution in [3.63, 3.8) is 0 Å². The van der Waals surface area contributed by atoms with Crippen molar-refractivity contribution in [2.24, 2.45) is 11.7 Å². The summed E-state index contributed by atoms with van der Waals surface area (Å²) in [7, 11) is 1.97. The lowest BCUT2D eigenvalue weighted by Gasteiger charge is -2.18. The SMILES string of the molecule is CC(C)CCN(C)CC(=O)Nc1ccccc1CN. The lowest BCUT2D eigenvalue weighted by molar-refractivity contribution is -0.117. The fourth-order valence-electron chi connectivity index (χ4n) is 1.81. The van der Waals surface area contributed by atoms with Gasteiger partial charge in [-0.05, 0) is 37.6 Å². The molecule has 106 valence electrons. The third-order valence-corrected chi connectivity index (χ3v) is 3.01. The van der Waals surface area contributed by atoms with Gasteiger partial charge in [0.05, 0.1) is 6.54 Å². The average molecular weight is 263 g/mol. The second-order valence-corrected chi connectivity index (χ2v) is 5.33. The van der Waals surface area contributed by atoms with Crippen molar-refractivity contribution in [3.05, 3.63) is 29.8 Å². The fraction of sp³-hybridized carbons (Fsp3) is 0.533. The number of anilines is 1. The first kappa shape index (κ1) is 15.7. The maximum absolute atomic E-state index is 11.9. The summed E-state index contributed by atoms with van der Waals surface area (Å²) in [6, 6.07) is 7.64. The van der Waals surface area contributed by atoms with Gasteiger partial charge in [0, 0.05) is 12.2 Å². The molecule has 4 nitrogen and oxygen atoms in total. The van der Waals surface area contributed by atoms with E-state index in [0.717, 1.165) is 24.2 Å². The van der Waals surface area contributed by atoms with E-state index in [1.165, 1.54) is 0 Å². The molecule has 0 fully saturated rings. The van der Waals surface area contributed by atoms with Crippen molar-refractivity contribution >= 4 is 11.6 Å². The Labute approximate surface area is 116 Å². The zero-order valence-electron chi connectivity index (χ0n) is 12.1. The Morgan fingerprint density at radius 3 is 2.68 bits per heavy atom. The van der Waals surface area contributed by atoms with Gasteiger partial charge < -0.3 is 11.1 Å². The standard InChI is InChI=1S/C15H25N3O/c1-12(2)8-9-18(3)11-15(19)17-14-7-5-4-6-13(14)10-16/h4-7,12H,8-11,16H2,1-3H3,(H,17,19). The third kappa shape index (κ3) is 5.85. The second-order valence-electron chi connectivity index (χ2n) is 5.33. The van der Waals surface area contributed by atoms with E-state index >= 15 is 0 Å². The smallest absolute Gasteiger partial charge is 0.238 e. The molecule has 0 radical (unpaired) electrons. The topological polar surface area (TPSA) is 58.4 Å². The van der Waals surface area contributed by atoms with Crippen molar-refractivity contribution < 1.29 is 4.79 Å². The summed E-state index contributed by atoms with van der Waals surface area (Å²) in [5, 5.41) is 2.92. The number of nitrogens with two attached hydrogens (primary N) is 1. The molecule has 0 aromatic heterocycles. The largest absolute Gasteiger partial charge is 0.326 e. The third-order valence-electron chi connectivity index (χ3n) is 3.01. The van der Waals surface area contributed by atoms with Crippen molar-refractivity contribution in [3.8, 4) is 0 Å². The first-order chi connectivity index (χ1) is 9.02. The summed E-state index contributed by atoms with van der Waals surface area (Å²) in [6.07, 6.45) is 1.10. The summed E-state index contributed by atoms with van der Waals surface area (Å²) < 4.78 is 0. The van der Waals surface area contributed by atoms with Gasteiger partial charge >= 0.3 is 0 Å². The van der Waals surface area contributed by atoms with Crippen molar-refractivity contribution in [1.29, 1.82) is 0 Å². The Balaban J connectivity index is 2.46. The number of carbonyl (C=O) groups is 1. The molecule has 0 atom stereocenters. The number of likely N-dealkylation sites (N-methyl/N-ethyl adjacent to an activating group) is 1. The van der Waals surface area contributed by atoms with Gasteiger partial charge in [-0.1, -0.05) is 32.0 Å². The molecule has 0 unspecified atom stereocenters. The van der Waals surface area contributed by atoms with Gasteiger partial charge in [0.25, 0.3) is 0 Å². The molecule has 3 N–H and O–H groups in total. The molecule has 0 aliphatic rings. The Morgan fingerprint density at radius 1 is 1.37 bits per heavy atom. The van der Waals surface area contributed by atoms with Gasteiger partial charge in [0.1, 0.15) is 0 Å². The predicted octanol–water partition coefficient (Wildman–Crippen LogP) is 2.06. The number of para-hydroxylation sites is 1. The normalized spacial score (nSPS) is 11.1. The predicted molar refractivity (Wildman–Crippen MR) is 79.9 cm³/mol. The molecule has 0 heterocycles. The number of nitrogens with one attached hydrogen (secondary N) is 1. The van der Waals surface area contributed by atoms with Crippen LogP contribution in [0.2, 0.25) is 0 Å². The van der Waals surface area contributed by atoms with Gasteiger partial charge in [-0.2, -0.15) is 0 Å². The maximum Gasteiger partial charge on any atom is 0.238 e. The van der Waals surface area contributed by atoms with Crippen LogP contribution in [0.1, 0.15) is 25.8 Å². The van der Waals surface area contributed by atoms with E-state index in [4.69, 9.17) is 5.73 Å². The van der Waals surface area contributed by atoms with Crippen LogP contribution < -0.4 is 11.1 Å². The highest BCUT2D eigenvalue weighted by Gasteiger charge is 2.09. The van der Waals surface area contributed by atoms with Gasteiger partial charge in [0.2, 0.25) is 5.91 Å². The van der Waals surface area contributed by atoms with Crippen LogP contribution >= 0.6 is 0 Å². The number of carbonyl (C=O) groups excluding carboxylic acids is 1. The van der Waals surface area contributed by atoms with Crippen LogP contribution in [-0.4, -0.2) is 30.9 Å². The van der Waals surface area contributed by atoms with Gasteiger partial charge in [0.15, 0.2) is 0 Å². The molecule has 1 rings (SSSR count). The molecule has 0 saturated heterocycles. The molecule has 0 aliphatic carbocycles. The van der Waals surface area contributed by atoms with Crippen LogP contribution in [0.25, 0.3) is 0 Å². The number of hydrogen-bond acceptors (Lipinski definition) is 3. The summed E-state index contributed by atoms with van der Waals surface area (Å²) >= 11 is 0. The van der Waals surface area contributed by atoms with Crippen LogP contribution in [0.5, 0.6) is 0 Å². The Morgan fingerprint density at radius 2 is 2.05 bits per heavy atom.